The minimum atomic E-state index is -0.0918. The van der Waals surface area contributed by atoms with Crippen molar-refractivity contribution in [1.82, 2.24) is 10.6 Å². The van der Waals surface area contributed by atoms with Crippen LogP contribution in [0.25, 0.3) is 0 Å². The average Bonchev–Trinajstić information content (AvgIpc) is 2.55. The highest BCUT2D eigenvalue weighted by Gasteiger charge is 2.20. The molecule has 2 N–H and O–H groups in total. The molecule has 0 spiro atoms. The van der Waals surface area contributed by atoms with Crippen molar-refractivity contribution >= 4 is 33.2 Å². The van der Waals surface area contributed by atoms with E-state index in [4.69, 9.17) is 4.74 Å². The summed E-state index contributed by atoms with van der Waals surface area (Å²) in [5, 5.41) is 5.79. The third kappa shape index (κ3) is 2.96. The topological polar surface area (TPSA) is 50.4 Å². The number of likely N-dealkylation sites (N-methyl/N-ethyl adjacent to an activating group) is 1. The Bertz CT molecular complexity index is 379. The first-order valence-corrected chi connectivity index (χ1v) is 6.48. The summed E-state index contributed by atoms with van der Waals surface area (Å²) in [4.78, 5) is 13.5. The summed E-state index contributed by atoms with van der Waals surface area (Å²) in [7, 11) is 3.41. The minimum Gasteiger partial charge on any atom is -0.494 e. The summed E-state index contributed by atoms with van der Waals surface area (Å²) in [5.41, 5.74) is 0. The van der Waals surface area contributed by atoms with Gasteiger partial charge < -0.3 is 15.4 Å². The maximum atomic E-state index is 11.8. The molecule has 0 aliphatic carbocycles. The first-order chi connectivity index (χ1) is 7.61. The lowest BCUT2D eigenvalue weighted by Gasteiger charge is -2.05. The number of aryl methyl sites for hydroxylation is 1. The molecule has 1 rings (SSSR count). The summed E-state index contributed by atoms with van der Waals surface area (Å²) in [6.45, 7) is 3.30. The first-order valence-electron chi connectivity index (χ1n) is 4.87. The molecule has 1 heterocycles. The van der Waals surface area contributed by atoms with Gasteiger partial charge in [0.1, 0.15) is 4.88 Å². The number of amides is 1. The number of nitrogens with one attached hydrogen (secondary N) is 2. The van der Waals surface area contributed by atoms with Gasteiger partial charge in [-0.3, -0.25) is 4.79 Å². The van der Waals surface area contributed by atoms with Crippen LogP contribution in [0, 0.1) is 6.92 Å². The number of hydrogen-bond donors (Lipinski definition) is 2. The van der Waals surface area contributed by atoms with E-state index in [1.165, 1.54) is 11.3 Å². The highest BCUT2D eigenvalue weighted by atomic mass is 79.9. The van der Waals surface area contributed by atoms with Gasteiger partial charge in [0.15, 0.2) is 5.75 Å². The fraction of sp³-hybridized carbons (Fsp3) is 0.500. The fourth-order valence-corrected chi connectivity index (χ4v) is 2.88. The molecule has 90 valence electrons. The predicted molar refractivity (Wildman–Crippen MR) is 69.6 cm³/mol. The van der Waals surface area contributed by atoms with Gasteiger partial charge in [0.05, 0.1) is 11.6 Å². The molecule has 0 atom stereocenters. The number of halogens is 1. The molecule has 0 fully saturated rings. The van der Waals surface area contributed by atoms with Gasteiger partial charge in [-0.05, 0) is 29.9 Å². The Labute approximate surface area is 108 Å². The smallest absolute Gasteiger partial charge is 0.265 e. The van der Waals surface area contributed by atoms with E-state index in [1.54, 1.807) is 7.11 Å². The third-order valence-electron chi connectivity index (χ3n) is 2.04. The summed E-state index contributed by atoms with van der Waals surface area (Å²) in [6.07, 6.45) is 0. The highest BCUT2D eigenvalue weighted by molar-refractivity contribution is 9.10. The Morgan fingerprint density at radius 1 is 1.50 bits per heavy atom. The number of rotatable bonds is 5. The number of carbonyl (C=O) groups excluding carboxylic acids is 1. The number of thiophene rings is 1. The molecule has 0 radical (unpaired) electrons. The van der Waals surface area contributed by atoms with Crippen LogP contribution < -0.4 is 15.4 Å². The van der Waals surface area contributed by atoms with Crippen molar-refractivity contribution in [1.29, 1.82) is 0 Å². The molecule has 0 aromatic carbocycles. The molecule has 0 saturated carbocycles. The second-order valence-corrected chi connectivity index (χ2v) is 5.21. The van der Waals surface area contributed by atoms with E-state index in [9.17, 15) is 4.79 Å². The number of ether oxygens (including phenoxy) is 1. The van der Waals surface area contributed by atoms with Crippen molar-refractivity contribution in [2.75, 3.05) is 27.2 Å². The second-order valence-electron chi connectivity index (χ2n) is 3.19. The van der Waals surface area contributed by atoms with Gasteiger partial charge in [-0.15, -0.1) is 11.3 Å². The van der Waals surface area contributed by atoms with Gasteiger partial charge in [0.2, 0.25) is 0 Å². The molecular weight excluding hydrogens is 292 g/mol. The van der Waals surface area contributed by atoms with Crippen molar-refractivity contribution < 1.29 is 9.53 Å². The van der Waals surface area contributed by atoms with E-state index in [0.717, 1.165) is 15.9 Å². The Morgan fingerprint density at radius 2 is 2.19 bits per heavy atom. The fourth-order valence-electron chi connectivity index (χ4n) is 1.22. The minimum absolute atomic E-state index is 0.0918. The third-order valence-corrected chi connectivity index (χ3v) is 4.34. The molecular formula is C10H15BrN2O2S. The zero-order valence-electron chi connectivity index (χ0n) is 9.52. The van der Waals surface area contributed by atoms with E-state index in [2.05, 4.69) is 26.6 Å². The van der Waals surface area contributed by atoms with Gasteiger partial charge in [-0.25, -0.2) is 0 Å². The van der Waals surface area contributed by atoms with Crippen molar-refractivity contribution in [2.24, 2.45) is 0 Å². The van der Waals surface area contributed by atoms with Crippen molar-refractivity contribution in [3.8, 4) is 5.75 Å². The summed E-state index contributed by atoms with van der Waals surface area (Å²) in [6, 6.07) is 0. The second kappa shape index (κ2) is 6.22. The van der Waals surface area contributed by atoms with E-state index in [0.29, 0.717) is 17.2 Å². The Kier molecular flexibility index (Phi) is 5.24. The van der Waals surface area contributed by atoms with E-state index in [-0.39, 0.29) is 5.91 Å². The number of methoxy groups -OCH3 is 1. The van der Waals surface area contributed by atoms with Crippen LogP contribution >= 0.6 is 27.3 Å². The first kappa shape index (κ1) is 13.5. The molecule has 0 aliphatic heterocycles. The van der Waals surface area contributed by atoms with Crippen molar-refractivity contribution in [2.45, 2.75) is 6.92 Å². The maximum Gasteiger partial charge on any atom is 0.265 e. The van der Waals surface area contributed by atoms with Crippen LogP contribution in [-0.2, 0) is 0 Å². The highest BCUT2D eigenvalue weighted by Crippen LogP contribution is 2.38. The van der Waals surface area contributed by atoms with Crippen LogP contribution in [-0.4, -0.2) is 33.2 Å². The predicted octanol–water partition coefficient (Wildman–Crippen LogP) is 1.78. The molecule has 0 saturated heterocycles. The van der Waals surface area contributed by atoms with E-state index in [1.807, 2.05) is 14.0 Å². The largest absolute Gasteiger partial charge is 0.494 e. The van der Waals surface area contributed by atoms with Gasteiger partial charge >= 0.3 is 0 Å². The van der Waals surface area contributed by atoms with Crippen LogP contribution in [0.2, 0.25) is 0 Å². The standard InChI is InChI=1S/C10H15BrN2O2S/c1-6-7(11)8(15-3)9(16-6)10(14)13-5-4-12-2/h12H,4-5H2,1-3H3,(H,13,14). The monoisotopic (exact) mass is 306 g/mol. The quantitative estimate of drug-likeness (QED) is 0.815. The number of carbonyl (C=O) groups is 1. The summed E-state index contributed by atoms with van der Waals surface area (Å²) in [5.74, 6) is 0.523. The molecule has 0 aliphatic rings. The molecule has 1 aromatic heterocycles. The average molecular weight is 307 g/mol. The zero-order chi connectivity index (χ0) is 12.1. The van der Waals surface area contributed by atoms with Crippen molar-refractivity contribution in [3.05, 3.63) is 14.2 Å². The Balaban J connectivity index is 2.78. The van der Waals surface area contributed by atoms with Gasteiger partial charge in [0, 0.05) is 18.0 Å². The van der Waals surface area contributed by atoms with E-state index >= 15 is 0 Å². The van der Waals surface area contributed by atoms with Crippen LogP contribution in [0.4, 0.5) is 0 Å². The molecule has 0 unspecified atom stereocenters. The number of hydrogen-bond acceptors (Lipinski definition) is 4. The lowest BCUT2D eigenvalue weighted by Crippen LogP contribution is -2.30. The van der Waals surface area contributed by atoms with Crippen LogP contribution in [0.1, 0.15) is 14.5 Å². The van der Waals surface area contributed by atoms with Gasteiger partial charge in [0.25, 0.3) is 5.91 Å². The zero-order valence-corrected chi connectivity index (χ0v) is 11.9. The molecule has 1 aromatic rings. The Morgan fingerprint density at radius 3 is 2.75 bits per heavy atom. The Hall–Kier alpha value is -0.590. The molecule has 0 bridgehead atoms. The van der Waals surface area contributed by atoms with Crippen LogP contribution in [0.5, 0.6) is 5.75 Å². The van der Waals surface area contributed by atoms with Gasteiger partial charge in [-0.2, -0.15) is 0 Å². The lowest BCUT2D eigenvalue weighted by atomic mass is 10.3. The van der Waals surface area contributed by atoms with Crippen LogP contribution in [0.3, 0.4) is 0 Å². The van der Waals surface area contributed by atoms with E-state index < -0.39 is 0 Å². The summed E-state index contributed by atoms with van der Waals surface area (Å²) >= 11 is 4.83. The lowest BCUT2D eigenvalue weighted by molar-refractivity contribution is 0.0955. The van der Waals surface area contributed by atoms with Crippen LogP contribution in [0.15, 0.2) is 4.47 Å². The molecule has 6 heteroatoms. The molecule has 16 heavy (non-hydrogen) atoms. The van der Waals surface area contributed by atoms with Crippen molar-refractivity contribution in [3.63, 3.8) is 0 Å². The molecule has 4 nitrogen and oxygen atoms in total. The summed E-state index contributed by atoms with van der Waals surface area (Å²) < 4.78 is 6.07. The SMILES string of the molecule is CNCCNC(=O)c1sc(C)c(Br)c1OC. The normalized spacial score (nSPS) is 10.2. The van der Waals surface area contributed by atoms with Gasteiger partial charge in [-0.1, -0.05) is 0 Å². The molecule has 1 amide bonds. The maximum absolute atomic E-state index is 11.8.